The third kappa shape index (κ3) is 4.85. The Morgan fingerprint density at radius 2 is 2.17 bits per heavy atom. The third-order valence-corrected chi connectivity index (χ3v) is 5.91. The standard InChI is InChI=1S/C16H22ClNO4S/c1-3-7-18(14-6-8-23(20,21)11-14)16(19)10-22-15-5-4-13(17)9-12(15)2/h4-5,9,14H,3,6-8,10-11H2,1-2H3. The molecule has 0 aliphatic carbocycles. The monoisotopic (exact) mass is 359 g/mol. The molecule has 7 heteroatoms. The first-order chi connectivity index (χ1) is 10.8. The van der Waals surface area contributed by atoms with Crippen molar-refractivity contribution in [1.29, 1.82) is 0 Å². The van der Waals surface area contributed by atoms with Crippen LogP contribution in [0.3, 0.4) is 0 Å². The molecule has 1 aliphatic heterocycles. The van der Waals surface area contributed by atoms with Gasteiger partial charge in [0.1, 0.15) is 5.75 Å². The fourth-order valence-electron chi connectivity index (χ4n) is 2.77. The van der Waals surface area contributed by atoms with Crippen molar-refractivity contribution in [3.8, 4) is 5.75 Å². The van der Waals surface area contributed by atoms with E-state index in [1.54, 1.807) is 23.1 Å². The predicted octanol–water partition coefficient (Wildman–Crippen LogP) is 2.45. The lowest BCUT2D eigenvalue weighted by Gasteiger charge is -2.28. The minimum absolute atomic E-state index is 0.0543. The number of ether oxygens (including phenoxy) is 1. The molecule has 1 atom stereocenters. The second kappa shape index (κ2) is 7.53. The van der Waals surface area contributed by atoms with E-state index in [1.807, 2.05) is 13.8 Å². The molecule has 0 bridgehead atoms. The smallest absolute Gasteiger partial charge is 0.260 e. The number of nitrogens with zero attached hydrogens (tertiary/aromatic N) is 1. The molecule has 0 spiro atoms. The average molecular weight is 360 g/mol. The Labute approximate surface area is 142 Å². The number of halogens is 1. The van der Waals surface area contributed by atoms with Gasteiger partial charge in [-0.3, -0.25) is 4.79 Å². The van der Waals surface area contributed by atoms with Gasteiger partial charge in [0.25, 0.3) is 5.91 Å². The number of carbonyl (C=O) groups is 1. The molecule has 1 amide bonds. The van der Waals surface area contributed by atoms with Gasteiger partial charge in [0.05, 0.1) is 11.5 Å². The summed E-state index contributed by atoms with van der Waals surface area (Å²) in [5, 5.41) is 0.616. The van der Waals surface area contributed by atoms with Crippen LogP contribution in [0, 0.1) is 6.92 Å². The van der Waals surface area contributed by atoms with Crippen LogP contribution < -0.4 is 4.74 Å². The molecule has 1 heterocycles. The quantitative estimate of drug-likeness (QED) is 0.782. The number of aryl methyl sites for hydroxylation is 1. The average Bonchev–Trinajstić information content (AvgIpc) is 2.83. The van der Waals surface area contributed by atoms with E-state index >= 15 is 0 Å². The van der Waals surface area contributed by atoms with Crippen molar-refractivity contribution in [3.05, 3.63) is 28.8 Å². The Morgan fingerprint density at radius 1 is 1.43 bits per heavy atom. The van der Waals surface area contributed by atoms with E-state index in [9.17, 15) is 13.2 Å². The molecule has 1 saturated heterocycles. The second-order valence-corrected chi connectivity index (χ2v) is 8.51. The van der Waals surface area contributed by atoms with Gasteiger partial charge >= 0.3 is 0 Å². The zero-order valence-electron chi connectivity index (χ0n) is 13.4. The molecule has 0 N–H and O–H groups in total. The SMILES string of the molecule is CCCN(C(=O)COc1ccc(Cl)cc1C)C1CCS(=O)(=O)C1. The summed E-state index contributed by atoms with van der Waals surface area (Å²) in [6.45, 7) is 4.27. The van der Waals surface area contributed by atoms with E-state index in [-0.39, 0.29) is 30.1 Å². The molecule has 1 fully saturated rings. The van der Waals surface area contributed by atoms with E-state index in [4.69, 9.17) is 16.3 Å². The summed E-state index contributed by atoms with van der Waals surface area (Å²) in [6.07, 6.45) is 1.29. The number of amides is 1. The number of rotatable bonds is 6. The number of hydrogen-bond donors (Lipinski definition) is 0. The van der Waals surface area contributed by atoms with Gasteiger partial charge in [-0.2, -0.15) is 0 Å². The summed E-state index contributed by atoms with van der Waals surface area (Å²) >= 11 is 5.90. The van der Waals surface area contributed by atoms with Gasteiger partial charge < -0.3 is 9.64 Å². The number of carbonyl (C=O) groups excluding carboxylic acids is 1. The van der Waals surface area contributed by atoms with Gasteiger partial charge in [0, 0.05) is 17.6 Å². The molecular formula is C16H22ClNO4S. The minimum atomic E-state index is -3.02. The van der Waals surface area contributed by atoms with Gasteiger partial charge in [-0.15, -0.1) is 0 Å². The Bertz CT molecular complexity index is 675. The van der Waals surface area contributed by atoms with Crippen molar-refractivity contribution in [1.82, 2.24) is 4.90 Å². The van der Waals surface area contributed by atoms with Crippen LogP contribution in [0.4, 0.5) is 0 Å². The summed E-state index contributed by atoms with van der Waals surface area (Å²) in [6, 6.07) is 4.98. The maximum atomic E-state index is 12.5. The van der Waals surface area contributed by atoms with Crippen LogP contribution in [0.5, 0.6) is 5.75 Å². The van der Waals surface area contributed by atoms with Crippen LogP contribution in [0.2, 0.25) is 5.02 Å². The molecule has 5 nitrogen and oxygen atoms in total. The summed E-state index contributed by atoms with van der Waals surface area (Å²) < 4.78 is 28.9. The largest absolute Gasteiger partial charge is 0.483 e. The highest BCUT2D eigenvalue weighted by Crippen LogP contribution is 2.22. The summed E-state index contributed by atoms with van der Waals surface area (Å²) in [5.41, 5.74) is 0.857. The minimum Gasteiger partial charge on any atom is -0.483 e. The zero-order valence-corrected chi connectivity index (χ0v) is 15.0. The van der Waals surface area contributed by atoms with Crippen LogP contribution in [-0.4, -0.2) is 49.9 Å². The lowest BCUT2D eigenvalue weighted by molar-refractivity contribution is -0.135. The van der Waals surface area contributed by atoms with E-state index in [1.165, 1.54) is 0 Å². The second-order valence-electron chi connectivity index (χ2n) is 5.84. The van der Waals surface area contributed by atoms with Gasteiger partial charge in [-0.25, -0.2) is 8.42 Å². The first-order valence-electron chi connectivity index (χ1n) is 7.71. The summed E-state index contributed by atoms with van der Waals surface area (Å²) in [7, 11) is -3.02. The molecule has 0 radical (unpaired) electrons. The Hall–Kier alpha value is -1.27. The topological polar surface area (TPSA) is 63.7 Å². The fraction of sp³-hybridized carbons (Fsp3) is 0.562. The highest BCUT2D eigenvalue weighted by molar-refractivity contribution is 7.91. The van der Waals surface area contributed by atoms with Crippen LogP contribution in [-0.2, 0) is 14.6 Å². The molecule has 23 heavy (non-hydrogen) atoms. The highest BCUT2D eigenvalue weighted by atomic mass is 35.5. The van der Waals surface area contributed by atoms with E-state index in [0.717, 1.165) is 12.0 Å². The fourth-order valence-corrected chi connectivity index (χ4v) is 4.73. The van der Waals surface area contributed by atoms with E-state index < -0.39 is 9.84 Å². The maximum Gasteiger partial charge on any atom is 0.260 e. The van der Waals surface area contributed by atoms with Crippen molar-refractivity contribution >= 4 is 27.3 Å². The highest BCUT2D eigenvalue weighted by Gasteiger charge is 2.34. The Morgan fingerprint density at radius 3 is 2.74 bits per heavy atom. The predicted molar refractivity (Wildman–Crippen MR) is 90.7 cm³/mol. The maximum absolute atomic E-state index is 12.5. The molecule has 0 saturated carbocycles. The van der Waals surface area contributed by atoms with Crippen LogP contribution in [0.1, 0.15) is 25.3 Å². The lowest BCUT2D eigenvalue weighted by atomic mass is 10.2. The van der Waals surface area contributed by atoms with Gasteiger partial charge in [0.2, 0.25) is 0 Å². The number of sulfone groups is 1. The van der Waals surface area contributed by atoms with Crippen LogP contribution in [0.25, 0.3) is 0 Å². The van der Waals surface area contributed by atoms with Crippen molar-refractivity contribution in [2.75, 3.05) is 24.7 Å². The molecule has 2 rings (SSSR count). The lowest BCUT2D eigenvalue weighted by Crippen LogP contribution is -2.44. The van der Waals surface area contributed by atoms with Gasteiger partial charge in [-0.1, -0.05) is 18.5 Å². The van der Waals surface area contributed by atoms with E-state index in [2.05, 4.69) is 0 Å². The number of hydrogen-bond acceptors (Lipinski definition) is 4. The summed E-state index contributed by atoms with van der Waals surface area (Å²) in [4.78, 5) is 14.1. The number of benzene rings is 1. The molecule has 1 aliphatic rings. The first-order valence-corrected chi connectivity index (χ1v) is 9.91. The summed E-state index contributed by atoms with van der Waals surface area (Å²) in [5.74, 6) is 0.641. The van der Waals surface area contributed by atoms with Gasteiger partial charge in [0.15, 0.2) is 16.4 Å². The van der Waals surface area contributed by atoms with Gasteiger partial charge in [-0.05, 0) is 43.5 Å². The van der Waals surface area contributed by atoms with Crippen molar-refractivity contribution in [2.45, 2.75) is 32.7 Å². The Kier molecular flexibility index (Phi) is 5.92. The molecule has 1 aromatic carbocycles. The van der Waals surface area contributed by atoms with Crippen LogP contribution >= 0.6 is 11.6 Å². The Balaban J connectivity index is 2.01. The van der Waals surface area contributed by atoms with Crippen LogP contribution in [0.15, 0.2) is 18.2 Å². The van der Waals surface area contributed by atoms with E-state index in [0.29, 0.717) is 23.7 Å². The normalized spacial score (nSPS) is 19.5. The molecular weight excluding hydrogens is 338 g/mol. The van der Waals surface area contributed by atoms with Crippen molar-refractivity contribution in [2.24, 2.45) is 0 Å². The molecule has 128 valence electrons. The molecule has 0 aromatic heterocycles. The molecule has 1 aromatic rings. The van der Waals surface area contributed by atoms with Crippen molar-refractivity contribution < 1.29 is 17.9 Å². The first kappa shape index (κ1) is 18.1. The zero-order chi connectivity index (χ0) is 17.0. The third-order valence-electron chi connectivity index (χ3n) is 3.92. The molecule has 1 unspecified atom stereocenters. The van der Waals surface area contributed by atoms with Crippen molar-refractivity contribution in [3.63, 3.8) is 0 Å².